The lowest BCUT2D eigenvalue weighted by Gasteiger charge is -2.37. The molecule has 1 aromatic carbocycles. The molecule has 3 atom stereocenters. The Morgan fingerprint density at radius 1 is 1.36 bits per heavy atom. The fourth-order valence-electron chi connectivity index (χ4n) is 3.87. The van der Waals surface area contributed by atoms with Crippen LogP contribution >= 0.6 is 0 Å². The van der Waals surface area contributed by atoms with Crippen LogP contribution < -0.4 is 4.74 Å². The van der Waals surface area contributed by atoms with E-state index in [2.05, 4.69) is 47.8 Å². The first-order valence-corrected chi connectivity index (χ1v) is 11.2. The van der Waals surface area contributed by atoms with Gasteiger partial charge in [-0.05, 0) is 25.6 Å². The van der Waals surface area contributed by atoms with E-state index in [-0.39, 0.29) is 30.6 Å². The summed E-state index contributed by atoms with van der Waals surface area (Å²) >= 11 is 0. The molecule has 0 bridgehead atoms. The number of aliphatic hydroxyl groups is 1. The quantitative estimate of drug-likeness (QED) is 0.652. The second-order valence-corrected chi connectivity index (χ2v) is 8.62. The molecule has 2 heterocycles. The van der Waals surface area contributed by atoms with Gasteiger partial charge in [0.2, 0.25) is 5.88 Å². The highest BCUT2D eigenvalue weighted by Gasteiger charge is 2.34. The van der Waals surface area contributed by atoms with Gasteiger partial charge in [-0.1, -0.05) is 49.1 Å². The van der Waals surface area contributed by atoms with Crippen molar-refractivity contribution in [2.45, 2.75) is 32.5 Å². The standard InChI is InChI=1S/C26H33N3O4/c1-19-15-29(20(2)18-30)26(31)23-13-22(11-8-12-32-4)14-27-25(23)33-24(19)17-28(3)16-21-9-6-5-7-10-21/h5-7,9-10,13-14,19-20,24,30H,12,15-18H2,1-4H3/t19-,20-,24+/m0/s1. The molecule has 7 heteroatoms. The van der Waals surface area contributed by atoms with E-state index < -0.39 is 0 Å². The van der Waals surface area contributed by atoms with E-state index in [1.54, 1.807) is 24.3 Å². The maximum absolute atomic E-state index is 13.4. The van der Waals surface area contributed by atoms with E-state index >= 15 is 0 Å². The average molecular weight is 452 g/mol. The van der Waals surface area contributed by atoms with E-state index in [0.29, 0.717) is 36.7 Å². The van der Waals surface area contributed by atoms with E-state index in [0.717, 1.165) is 6.54 Å². The van der Waals surface area contributed by atoms with Gasteiger partial charge in [0.15, 0.2) is 0 Å². The zero-order valence-corrected chi connectivity index (χ0v) is 19.8. The Balaban J connectivity index is 1.89. The molecule has 0 fully saturated rings. The lowest BCUT2D eigenvalue weighted by atomic mass is 9.99. The summed E-state index contributed by atoms with van der Waals surface area (Å²) in [4.78, 5) is 21.8. The predicted molar refractivity (Wildman–Crippen MR) is 127 cm³/mol. The third-order valence-corrected chi connectivity index (χ3v) is 5.76. The second kappa shape index (κ2) is 11.8. The minimum absolute atomic E-state index is 0.0392. The molecule has 0 saturated heterocycles. The van der Waals surface area contributed by atoms with Crippen LogP contribution in [0.3, 0.4) is 0 Å². The van der Waals surface area contributed by atoms with Gasteiger partial charge in [0.05, 0.1) is 12.6 Å². The number of benzene rings is 1. The van der Waals surface area contributed by atoms with E-state index in [1.165, 1.54) is 5.56 Å². The number of pyridine rings is 1. The smallest absolute Gasteiger partial charge is 0.259 e. The molecule has 33 heavy (non-hydrogen) atoms. The van der Waals surface area contributed by atoms with Gasteiger partial charge in [0, 0.05) is 44.4 Å². The summed E-state index contributed by atoms with van der Waals surface area (Å²) in [6, 6.07) is 11.7. The Morgan fingerprint density at radius 3 is 2.82 bits per heavy atom. The lowest BCUT2D eigenvalue weighted by Crippen LogP contribution is -2.49. The molecular formula is C26H33N3O4. The first kappa shape index (κ1) is 24.7. The molecule has 0 aliphatic carbocycles. The van der Waals surface area contributed by atoms with Crippen LogP contribution in [-0.2, 0) is 11.3 Å². The first-order chi connectivity index (χ1) is 15.9. The topological polar surface area (TPSA) is 75.1 Å². The van der Waals surface area contributed by atoms with Crippen molar-refractivity contribution in [1.29, 1.82) is 0 Å². The number of hydrogen-bond acceptors (Lipinski definition) is 6. The molecule has 7 nitrogen and oxygen atoms in total. The van der Waals surface area contributed by atoms with Crippen LogP contribution in [0.15, 0.2) is 42.6 Å². The number of nitrogens with zero attached hydrogens (tertiary/aromatic N) is 3. The summed E-state index contributed by atoms with van der Waals surface area (Å²) in [5.74, 6) is 5.99. The number of carbonyl (C=O) groups excluding carboxylic acids is 1. The molecule has 0 spiro atoms. The Labute approximate surface area is 196 Å². The number of ether oxygens (including phenoxy) is 2. The highest BCUT2D eigenvalue weighted by atomic mass is 16.5. The number of aliphatic hydroxyl groups excluding tert-OH is 1. The predicted octanol–water partition coefficient (Wildman–Crippen LogP) is 2.43. The molecule has 3 rings (SSSR count). The molecule has 1 amide bonds. The molecule has 1 N–H and O–H groups in total. The van der Waals surface area contributed by atoms with Crippen LogP contribution in [0.2, 0.25) is 0 Å². The molecule has 2 aromatic rings. The summed E-state index contributed by atoms with van der Waals surface area (Å²) in [6.45, 7) is 6.03. The van der Waals surface area contributed by atoms with Gasteiger partial charge in [-0.2, -0.15) is 0 Å². The number of likely N-dealkylation sites (N-methyl/N-ethyl adjacent to an activating group) is 1. The minimum atomic E-state index is -0.322. The Morgan fingerprint density at radius 2 is 2.12 bits per heavy atom. The molecule has 176 valence electrons. The zero-order valence-electron chi connectivity index (χ0n) is 19.8. The van der Waals surface area contributed by atoms with Crippen molar-refractivity contribution < 1.29 is 19.4 Å². The molecule has 1 aromatic heterocycles. The first-order valence-electron chi connectivity index (χ1n) is 11.2. The van der Waals surface area contributed by atoms with Crippen molar-refractivity contribution in [1.82, 2.24) is 14.8 Å². The fourth-order valence-corrected chi connectivity index (χ4v) is 3.87. The van der Waals surface area contributed by atoms with Crippen molar-refractivity contribution in [3.8, 4) is 17.7 Å². The molecule has 1 aliphatic rings. The Hall–Kier alpha value is -2.92. The maximum atomic E-state index is 13.4. The highest BCUT2D eigenvalue weighted by molar-refractivity contribution is 5.97. The summed E-state index contributed by atoms with van der Waals surface area (Å²) in [7, 11) is 3.64. The minimum Gasteiger partial charge on any atom is -0.472 e. The molecular weight excluding hydrogens is 418 g/mol. The lowest BCUT2D eigenvalue weighted by molar-refractivity contribution is 0.0325. The number of amides is 1. The normalized spacial score (nSPS) is 19.1. The molecule has 1 aliphatic heterocycles. The van der Waals surface area contributed by atoms with Crippen LogP contribution in [0.1, 0.15) is 35.3 Å². The zero-order chi connectivity index (χ0) is 23.8. The average Bonchev–Trinajstić information content (AvgIpc) is 2.82. The van der Waals surface area contributed by atoms with Crippen molar-refractivity contribution in [3.63, 3.8) is 0 Å². The van der Waals surface area contributed by atoms with Gasteiger partial charge < -0.3 is 19.5 Å². The largest absolute Gasteiger partial charge is 0.472 e. The van der Waals surface area contributed by atoms with Gasteiger partial charge in [-0.3, -0.25) is 9.69 Å². The number of methoxy groups -OCH3 is 1. The Kier molecular flexibility index (Phi) is 8.84. The van der Waals surface area contributed by atoms with Gasteiger partial charge >= 0.3 is 0 Å². The van der Waals surface area contributed by atoms with Crippen LogP contribution in [-0.4, -0.2) is 78.4 Å². The van der Waals surface area contributed by atoms with E-state index in [9.17, 15) is 9.90 Å². The van der Waals surface area contributed by atoms with Gasteiger partial charge in [-0.25, -0.2) is 4.98 Å². The molecule has 0 saturated carbocycles. The number of carbonyl (C=O) groups is 1. The number of hydrogen-bond donors (Lipinski definition) is 1. The van der Waals surface area contributed by atoms with Crippen molar-refractivity contribution >= 4 is 5.91 Å². The molecule has 0 radical (unpaired) electrons. The van der Waals surface area contributed by atoms with Crippen LogP contribution in [0.5, 0.6) is 5.88 Å². The third-order valence-electron chi connectivity index (χ3n) is 5.76. The summed E-state index contributed by atoms with van der Waals surface area (Å²) < 4.78 is 11.3. The molecule has 0 unspecified atom stereocenters. The van der Waals surface area contributed by atoms with Crippen molar-refractivity contribution in [2.75, 3.05) is 40.5 Å². The summed E-state index contributed by atoms with van der Waals surface area (Å²) in [5.41, 5.74) is 2.20. The van der Waals surface area contributed by atoms with Gasteiger partial charge in [-0.15, -0.1) is 0 Å². The monoisotopic (exact) mass is 451 g/mol. The second-order valence-electron chi connectivity index (χ2n) is 8.62. The fraction of sp³-hybridized carbons (Fsp3) is 0.462. The van der Waals surface area contributed by atoms with Crippen LogP contribution in [0, 0.1) is 17.8 Å². The van der Waals surface area contributed by atoms with Crippen LogP contribution in [0.25, 0.3) is 0 Å². The number of fused-ring (bicyclic) bond motifs is 1. The van der Waals surface area contributed by atoms with Crippen LogP contribution in [0.4, 0.5) is 0 Å². The summed E-state index contributed by atoms with van der Waals surface area (Å²) in [6.07, 6.45) is 1.43. The van der Waals surface area contributed by atoms with Crippen molar-refractivity contribution in [3.05, 3.63) is 59.3 Å². The highest BCUT2D eigenvalue weighted by Crippen LogP contribution is 2.27. The maximum Gasteiger partial charge on any atom is 0.259 e. The van der Waals surface area contributed by atoms with E-state index in [4.69, 9.17) is 9.47 Å². The van der Waals surface area contributed by atoms with Gasteiger partial charge in [0.25, 0.3) is 5.91 Å². The number of aromatic nitrogens is 1. The number of rotatable bonds is 7. The van der Waals surface area contributed by atoms with Crippen molar-refractivity contribution in [2.24, 2.45) is 5.92 Å². The van der Waals surface area contributed by atoms with Gasteiger partial charge in [0.1, 0.15) is 18.3 Å². The van der Waals surface area contributed by atoms with E-state index in [1.807, 2.05) is 25.1 Å². The SMILES string of the molecule is COCC#Cc1cnc2c(c1)C(=O)N([C@@H](C)CO)C[C@H](C)[C@@H](CN(C)Cc1ccccc1)O2. The summed E-state index contributed by atoms with van der Waals surface area (Å²) in [5, 5.41) is 9.79. The Bertz CT molecular complexity index is 986. The third kappa shape index (κ3) is 6.55.